The minimum atomic E-state index is 0.773. The van der Waals surface area contributed by atoms with Crippen molar-refractivity contribution in [1.29, 1.82) is 0 Å². The van der Waals surface area contributed by atoms with Gasteiger partial charge in [0.05, 0.1) is 13.1 Å². The Morgan fingerprint density at radius 1 is 0.829 bits per heavy atom. The van der Waals surface area contributed by atoms with Crippen molar-refractivity contribution in [1.82, 2.24) is 14.1 Å². The number of piperazine rings is 1. The van der Waals surface area contributed by atoms with Crippen LogP contribution in [0.25, 0.3) is 11.1 Å². The minimum Gasteiger partial charge on any atom is -0.340 e. The van der Waals surface area contributed by atoms with E-state index >= 15 is 0 Å². The lowest BCUT2D eigenvalue weighted by molar-refractivity contribution is 0.0835. The van der Waals surface area contributed by atoms with Crippen LogP contribution in [0.5, 0.6) is 0 Å². The maximum atomic E-state index is 6.00. The Morgan fingerprint density at radius 2 is 1.40 bits per heavy atom. The number of rotatable bonds is 5. The summed E-state index contributed by atoms with van der Waals surface area (Å²) in [6.45, 7) is 14.8. The van der Waals surface area contributed by atoms with Gasteiger partial charge in [0.15, 0.2) is 0 Å². The first kappa shape index (κ1) is 27.9. The lowest BCUT2D eigenvalue weighted by Gasteiger charge is -2.44. The summed E-state index contributed by atoms with van der Waals surface area (Å²) < 4.78 is 2.37. The first-order valence-corrected chi connectivity index (χ1v) is 14.7. The van der Waals surface area contributed by atoms with Crippen molar-refractivity contribution in [2.45, 2.75) is 70.7 Å². The molecule has 4 nitrogen and oxygen atoms in total. The predicted octanol–water partition coefficient (Wildman–Crippen LogP) is 7.69. The van der Waals surface area contributed by atoms with Gasteiger partial charge in [0.2, 0.25) is 5.96 Å². The average molecular weight is 515 g/mol. The first-order valence-electron chi connectivity index (χ1n) is 13.5. The van der Waals surface area contributed by atoms with Crippen LogP contribution in [0, 0.1) is 0 Å². The molecule has 1 saturated heterocycles. The average Bonchev–Trinajstić information content (AvgIpc) is 3.34. The van der Waals surface area contributed by atoms with Gasteiger partial charge >= 0.3 is 0 Å². The van der Waals surface area contributed by atoms with Crippen LogP contribution in [0.2, 0.25) is 5.02 Å². The molecule has 3 aliphatic rings. The molecule has 0 spiro atoms. The Morgan fingerprint density at radius 3 is 1.91 bits per heavy atom. The second-order valence-corrected chi connectivity index (χ2v) is 10.5. The fraction of sp³-hybridized carbons (Fsp3) is 0.552. The molecule has 2 heterocycles. The van der Waals surface area contributed by atoms with E-state index < -0.39 is 0 Å². The Balaban J connectivity index is 0.000000521. The normalized spacial score (nSPS) is 18.1. The molecule has 1 aliphatic carbocycles. The van der Waals surface area contributed by atoms with Crippen molar-refractivity contribution >= 4 is 29.5 Å². The molecule has 0 bridgehead atoms. The van der Waals surface area contributed by atoms with Crippen LogP contribution >= 0.6 is 23.5 Å². The first-order chi connectivity index (χ1) is 17.2. The van der Waals surface area contributed by atoms with Crippen molar-refractivity contribution in [3.05, 3.63) is 53.6 Å². The lowest BCUT2D eigenvalue weighted by atomic mass is 9.91. The highest BCUT2D eigenvalue weighted by Gasteiger charge is 2.31. The van der Waals surface area contributed by atoms with Crippen molar-refractivity contribution in [2.75, 3.05) is 39.3 Å². The van der Waals surface area contributed by atoms with Crippen LogP contribution in [-0.4, -0.2) is 65.4 Å². The quantitative estimate of drug-likeness (QED) is 0.381. The monoisotopic (exact) mass is 514 g/mol. The van der Waals surface area contributed by atoms with Gasteiger partial charge in [-0.05, 0) is 60.2 Å². The van der Waals surface area contributed by atoms with Crippen LogP contribution < -0.4 is 0 Å². The molecular formula is C29H43ClN4S. The van der Waals surface area contributed by atoms with Gasteiger partial charge in [-0.1, -0.05) is 82.8 Å². The summed E-state index contributed by atoms with van der Waals surface area (Å²) in [6.07, 6.45) is 6.85. The molecule has 0 amide bonds. The van der Waals surface area contributed by atoms with E-state index in [9.17, 15) is 0 Å². The number of nitrogens with zero attached hydrogens (tertiary/aromatic N) is 4. The predicted molar refractivity (Wildman–Crippen MR) is 154 cm³/mol. The Labute approximate surface area is 222 Å². The Hall–Kier alpha value is -1.69. The third-order valence-electron chi connectivity index (χ3n) is 6.72. The molecule has 0 radical (unpaired) electrons. The summed E-state index contributed by atoms with van der Waals surface area (Å²) in [4.78, 5) is 11.3. The van der Waals surface area contributed by atoms with Crippen molar-refractivity contribution in [3.63, 3.8) is 0 Å². The summed E-state index contributed by atoms with van der Waals surface area (Å²) in [5.74, 6) is 1.17. The molecule has 6 heteroatoms. The maximum Gasteiger partial charge on any atom is 0.207 e. The second-order valence-electron chi connectivity index (χ2n) is 9.01. The van der Waals surface area contributed by atoms with Crippen molar-refractivity contribution in [3.8, 4) is 11.1 Å². The molecule has 0 atom stereocenters. The molecule has 2 aliphatic heterocycles. The van der Waals surface area contributed by atoms with Crippen LogP contribution in [0.15, 0.2) is 58.4 Å². The molecule has 0 N–H and O–H groups in total. The molecular weight excluding hydrogens is 472 g/mol. The summed E-state index contributed by atoms with van der Waals surface area (Å²) in [7, 11) is 0. The van der Waals surface area contributed by atoms with Gasteiger partial charge in [-0.15, -0.1) is 0 Å². The van der Waals surface area contributed by atoms with E-state index in [1.54, 1.807) is 0 Å². The lowest BCUT2D eigenvalue weighted by Crippen LogP contribution is -2.55. The third kappa shape index (κ3) is 7.90. The largest absolute Gasteiger partial charge is 0.340 e. The third-order valence-corrected chi connectivity index (χ3v) is 8.02. The zero-order chi connectivity index (χ0) is 25.0. The van der Waals surface area contributed by atoms with Crippen LogP contribution in [0.3, 0.4) is 0 Å². The summed E-state index contributed by atoms with van der Waals surface area (Å²) in [5, 5.41) is 0.773. The standard InChI is InChI=1S/C23H27ClN4S.C4H10.C2H6/c24-20-8-4-18(5-9-20)19-6-10-22(11-7-19)29-28-13-12-25-23(28)27-16-14-26(15-17-27)21-2-1-3-21;1-3-4-2;1-2/h4-11,21H,1-3,12-17H2;3-4H2,1-2H3;1-2H3. The number of hydrogen-bond acceptors (Lipinski definition) is 5. The van der Waals surface area contributed by atoms with E-state index in [1.807, 2.05) is 37.9 Å². The van der Waals surface area contributed by atoms with E-state index in [2.05, 4.69) is 64.4 Å². The fourth-order valence-electron chi connectivity index (χ4n) is 4.28. The Kier molecular flexibility index (Phi) is 11.8. The van der Waals surface area contributed by atoms with E-state index in [-0.39, 0.29) is 0 Å². The molecule has 0 unspecified atom stereocenters. The summed E-state index contributed by atoms with van der Waals surface area (Å²) in [6, 6.07) is 17.7. The van der Waals surface area contributed by atoms with E-state index in [0.29, 0.717) is 0 Å². The second kappa shape index (κ2) is 14.8. The van der Waals surface area contributed by atoms with Crippen molar-refractivity contribution < 1.29 is 0 Å². The van der Waals surface area contributed by atoms with Gasteiger partial charge in [-0.2, -0.15) is 0 Å². The van der Waals surface area contributed by atoms with Gasteiger partial charge < -0.3 is 4.90 Å². The number of halogens is 1. The molecule has 2 fully saturated rings. The summed E-state index contributed by atoms with van der Waals surface area (Å²) in [5.41, 5.74) is 2.41. The number of guanidine groups is 1. The van der Waals surface area contributed by atoms with E-state index in [1.165, 1.54) is 67.2 Å². The fourth-order valence-corrected chi connectivity index (χ4v) is 5.35. The Bertz CT molecular complexity index is 886. The van der Waals surface area contributed by atoms with Crippen LogP contribution in [-0.2, 0) is 0 Å². The van der Waals surface area contributed by atoms with Gasteiger partial charge in [0, 0.05) is 42.1 Å². The van der Waals surface area contributed by atoms with Crippen molar-refractivity contribution in [2.24, 2.45) is 4.99 Å². The molecule has 0 aromatic heterocycles. The molecule has 35 heavy (non-hydrogen) atoms. The highest BCUT2D eigenvalue weighted by molar-refractivity contribution is 7.97. The SMILES string of the molecule is CC.CCCC.Clc1ccc(-c2ccc(SN3CCN=C3N3CCN(C4CCC4)CC3)cc2)cc1. The highest BCUT2D eigenvalue weighted by atomic mass is 35.5. The van der Waals surface area contributed by atoms with Gasteiger partial charge in [-0.3, -0.25) is 14.2 Å². The van der Waals surface area contributed by atoms with Gasteiger partial charge in [0.1, 0.15) is 0 Å². The highest BCUT2D eigenvalue weighted by Crippen LogP contribution is 2.30. The molecule has 5 rings (SSSR count). The van der Waals surface area contributed by atoms with Gasteiger partial charge in [0.25, 0.3) is 0 Å². The van der Waals surface area contributed by atoms with E-state index in [0.717, 1.165) is 37.2 Å². The molecule has 2 aromatic rings. The summed E-state index contributed by atoms with van der Waals surface area (Å²) >= 11 is 7.81. The number of benzene rings is 2. The number of hydrogen-bond donors (Lipinski definition) is 0. The number of unbranched alkanes of at least 4 members (excludes halogenated alkanes) is 1. The zero-order valence-corrected chi connectivity index (χ0v) is 23.6. The van der Waals surface area contributed by atoms with Crippen LogP contribution in [0.4, 0.5) is 0 Å². The number of aliphatic imine (C=N–C) groups is 1. The maximum absolute atomic E-state index is 6.00. The molecule has 1 saturated carbocycles. The van der Waals surface area contributed by atoms with Crippen LogP contribution in [0.1, 0.15) is 59.8 Å². The van der Waals surface area contributed by atoms with Gasteiger partial charge in [-0.25, -0.2) is 0 Å². The molecule has 192 valence electrons. The van der Waals surface area contributed by atoms with E-state index in [4.69, 9.17) is 16.6 Å². The minimum absolute atomic E-state index is 0.773. The topological polar surface area (TPSA) is 22.1 Å². The molecule has 2 aromatic carbocycles. The zero-order valence-electron chi connectivity index (χ0n) is 22.0. The smallest absolute Gasteiger partial charge is 0.207 e.